The summed E-state index contributed by atoms with van der Waals surface area (Å²) in [7, 11) is 0. The van der Waals surface area contributed by atoms with Gasteiger partial charge in [-0.1, -0.05) is 0 Å². The number of carbonyl (C=O) groups is 1. The third kappa shape index (κ3) is 3.01. The Hall–Kier alpha value is -1.56. The summed E-state index contributed by atoms with van der Waals surface area (Å²) in [5.74, 6) is 0.372. The van der Waals surface area contributed by atoms with Crippen LogP contribution in [0.4, 0.5) is 5.69 Å². The fourth-order valence-corrected chi connectivity index (χ4v) is 2.34. The zero-order chi connectivity index (χ0) is 13.1. The average Bonchev–Trinajstić information content (AvgIpc) is 2.75. The van der Waals surface area contributed by atoms with E-state index in [2.05, 4.69) is 5.10 Å². The number of likely N-dealkylation sites (tertiary alicyclic amines) is 1. The lowest BCUT2D eigenvalue weighted by atomic mass is 9.92. The predicted octanol–water partition coefficient (Wildman–Crippen LogP) is 0.0847. The molecule has 0 aromatic carbocycles. The van der Waals surface area contributed by atoms with Crippen LogP contribution < -0.4 is 5.73 Å². The number of rotatable bonds is 3. The van der Waals surface area contributed by atoms with E-state index in [0.29, 0.717) is 24.7 Å². The standard InChI is InChI=1S/C12H20N4O2/c1-9(17)10-2-4-15(5-3-10)12(18)8-16-7-11(13)6-14-16/h6-7,9-10,17H,2-5,8,13H2,1H3. The van der Waals surface area contributed by atoms with Crippen LogP contribution in [0.5, 0.6) is 0 Å². The van der Waals surface area contributed by atoms with Gasteiger partial charge in [0.05, 0.1) is 18.0 Å². The summed E-state index contributed by atoms with van der Waals surface area (Å²) in [5.41, 5.74) is 6.11. The first kappa shape index (κ1) is 12.9. The van der Waals surface area contributed by atoms with Crippen LogP contribution in [0.15, 0.2) is 12.4 Å². The predicted molar refractivity (Wildman–Crippen MR) is 67.6 cm³/mol. The summed E-state index contributed by atoms with van der Waals surface area (Å²) in [6.45, 7) is 3.47. The third-order valence-corrected chi connectivity index (χ3v) is 3.53. The SMILES string of the molecule is CC(O)C1CCN(C(=O)Cn2cc(N)cn2)CC1. The van der Waals surface area contributed by atoms with E-state index in [9.17, 15) is 9.90 Å². The summed E-state index contributed by atoms with van der Waals surface area (Å²) < 4.78 is 1.55. The van der Waals surface area contributed by atoms with Gasteiger partial charge in [0.25, 0.3) is 0 Å². The van der Waals surface area contributed by atoms with Crippen molar-refractivity contribution in [1.29, 1.82) is 0 Å². The average molecular weight is 252 g/mol. The number of hydrogen-bond donors (Lipinski definition) is 2. The molecule has 1 amide bonds. The number of aromatic nitrogens is 2. The van der Waals surface area contributed by atoms with E-state index in [1.54, 1.807) is 10.9 Å². The number of amides is 1. The minimum absolute atomic E-state index is 0.0575. The van der Waals surface area contributed by atoms with Gasteiger partial charge < -0.3 is 15.7 Å². The molecule has 2 heterocycles. The van der Waals surface area contributed by atoms with Gasteiger partial charge >= 0.3 is 0 Å². The van der Waals surface area contributed by atoms with E-state index in [-0.39, 0.29) is 18.6 Å². The quantitative estimate of drug-likeness (QED) is 0.798. The highest BCUT2D eigenvalue weighted by molar-refractivity contribution is 5.76. The van der Waals surface area contributed by atoms with Crippen LogP contribution in [-0.4, -0.2) is 44.9 Å². The summed E-state index contributed by atoms with van der Waals surface area (Å²) in [4.78, 5) is 13.8. The van der Waals surface area contributed by atoms with Crippen LogP contribution in [0.2, 0.25) is 0 Å². The van der Waals surface area contributed by atoms with Crippen LogP contribution in [0.3, 0.4) is 0 Å². The Kier molecular flexibility index (Phi) is 3.86. The van der Waals surface area contributed by atoms with Crippen molar-refractivity contribution in [3.63, 3.8) is 0 Å². The number of aliphatic hydroxyl groups excluding tert-OH is 1. The largest absolute Gasteiger partial charge is 0.396 e. The van der Waals surface area contributed by atoms with Crippen LogP contribution in [0.1, 0.15) is 19.8 Å². The molecule has 6 nitrogen and oxygen atoms in total. The molecule has 1 aliphatic rings. The zero-order valence-corrected chi connectivity index (χ0v) is 10.6. The van der Waals surface area contributed by atoms with Gasteiger partial charge in [0.15, 0.2) is 0 Å². The Morgan fingerprint density at radius 2 is 2.28 bits per heavy atom. The topological polar surface area (TPSA) is 84.4 Å². The maximum absolute atomic E-state index is 12.0. The van der Waals surface area contributed by atoms with Gasteiger partial charge in [-0.25, -0.2) is 0 Å². The number of hydrogen-bond acceptors (Lipinski definition) is 4. The number of nitrogen functional groups attached to an aromatic ring is 1. The van der Waals surface area contributed by atoms with Crippen molar-refractivity contribution in [3.8, 4) is 0 Å². The highest BCUT2D eigenvalue weighted by Crippen LogP contribution is 2.20. The molecule has 18 heavy (non-hydrogen) atoms. The molecule has 0 radical (unpaired) electrons. The fraction of sp³-hybridized carbons (Fsp3) is 0.667. The molecule has 100 valence electrons. The molecule has 1 aromatic heterocycles. The normalized spacial score (nSPS) is 18.9. The molecule has 1 aromatic rings. The second-order valence-electron chi connectivity index (χ2n) is 4.93. The molecule has 3 N–H and O–H groups in total. The van der Waals surface area contributed by atoms with Crippen LogP contribution in [-0.2, 0) is 11.3 Å². The summed E-state index contributed by atoms with van der Waals surface area (Å²) in [6.07, 6.45) is 4.64. The van der Waals surface area contributed by atoms with Crippen molar-refractivity contribution in [2.24, 2.45) is 5.92 Å². The minimum Gasteiger partial charge on any atom is -0.396 e. The van der Waals surface area contributed by atoms with Crippen LogP contribution >= 0.6 is 0 Å². The van der Waals surface area contributed by atoms with Crippen LogP contribution in [0.25, 0.3) is 0 Å². The first-order valence-electron chi connectivity index (χ1n) is 6.30. The Morgan fingerprint density at radius 1 is 1.61 bits per heavy atom. The number of carbonyl (C=O) groups excluding carboxylic acids is 1. The van der Waals surface area contributed by atoms with E-state index in [0.717, 1.165) is 12.8 Å². The van der Waals surface area contributed by atoms with E-state index >= 15 is 0 Å². The van der Waals surface area contributed by atoms with E-state index in [1.807, 2.05) is 11.8 Å². The van der Waals surface area contributed by atoms with Gasteiger partial charge in [0, 0.05) is 19.3 Å². The zero-order valence-electron chi connectivity index (χ0n) is 10.6. The Bertz CT molecular complexity index is 408. The molecule has 1 aliphatic heterocycles. The summed E-state index contributed by atoms with van der Waals surface area (Å²) in [5, 5.41) is 13.5. The molecule has 0 bridgehead atoms. The smallest absolute Gasteiger partial charge is 0.244 e. The minimum atomic E-state index is -0.284. The second-order valence-corrected chi connectivity index (χ2v) is 4.93. The van der Waals surface area contributed by atoms with Gasteiger partial charge in [-0.2, -0.15) is 5.10 Å². The van der Waals surface area contributed by atoms with Crippen molar-refractivity contribution in [3.05, 3.63) is 12.4 Å². The van der Waals surface area contributed by atoms with Gasteiger partial charge in [-0.3, -0.25) is 9.48 Å². The molecule has 1 atom stereocenters. The molecular weight excluding hydrogens is 232 g/mol. The van der Waals surface area contributed by atoms with Gasteiger partial charge in [-0.05, 0) is 25.7 Å². The number of nitrogens with two attached hydrogens (primary N) is 1. The van der Waals surface area contributed by atoms with E-state index < -0.39 is 0 Å². The number of aliphatic hydroxyl groups is 1. The molecule has 1 fully saturated rings. The van der Waals surface area contributed by atoms with Gasteiger partial charge in [-0.15, -0.1) is 0 Å². The maximum Gasteiger partial charge on any atom is 0.244 e. The highest BCUT2D eigenvalue weighted by Gasteiger charge is 2.25. The van der Waals surface area contributed by atoms with Crippen molar-refractivity contribution in [2.75, 3.05) is 18.8 Å². The molecule has 6 heteroatoms. The fourth-order valence-electron chi connectivity index (χ4n) is 2.34. The lowest BCUT2D eigenvalue weighted by Gasteiger charge is -2.33. The number of anilines is 1. The highest BCUT2D eigenvalue weighted by atomic mass is 16.3. The molecular formula is C12H20N4O2. The molecule has 2 rings (SSSR count). The third-order valence-electron chi connectivity index (χ3n) is 3.53. The lowest BCUT2D eigenvalue weighted by Crippen LogP contribution is -2.42. The van der Waals surface area contributed by atoms with Crippen molar-refractivity contribution < 1.29 is 9.90 Å². The summed E-state index contributed by atoms with van der Waals surface area (Å²) in [6, 6.07) is 0. The van der Waals surface area contributed by atoms with Crippen molar-refractivity contribution in [2.45, 2.75) is 32.4 Å². The van der Waals surface area contributed by atoms with Crippen LogP contribution in [0, 0.1) is 5.92 Å². The number of nitrogens with zero attached hydrogens (tertiary/aromatic N) is 3. The summed E-state index contributed by atoms with van der Waals surface area (Å²) >= 11 is 0. The number of piperidine rings is 1. The van der Waals surface area contributed by atoms with E-state index in [1.165, 1.54) is 6.20 Å². The second kappa shape index (κ2) is 5.39. The maximum atomic E-state index is 12.0. The van der Waals surface area contributed by atoms with Gasteiger partial charge in [0.2, 0.25) is 5.91 Å². The Balaban J connectivity index is 1.84. The molecule has 1 saturated heterocycles. The lowest BCUT2D eigenvalue weighted by molar-refractivity contribution is -0.134. The van der Waals surface area contributed by atoms with Crippen molar-refractivity contribution in [1.82, 2.24) is 14.7 Å². The Morgan fingerprint density at radius 3 is 2.78 bits per heavy atom. The first-order valence-corrected chi connectivity index (χ1v) is 6.30. The molecule has 0 aliphatic carbocycles. The van der Waals surface area contributed by atoms with Gasteiger partial charge in [0.1, 0.15) is 6.54 Å². The first-order chi connectivity index (χ1) is 8.56. The molecule has 0 saturated carbocycles. The monoisotopic (exact) mass is 252 g/mol. The Labute approximate surface area is 106 Å². The molecule has 0 spiro atoms. The van der Waals surface area contributed by atoms with E-state index in [4.69, 9.17) is 5.73 Å². The molecule has 1 unspecified atom stereocenters. The van der Waals surface area contributed by atoms with Crippen molar-refractivity contribution >= 4 is 11.6 Å².